The molecule has 4 nitrogen and oxygen atoms in total. The Hall–Kier alpha value is -3.31. The van der Waals surface area contributed by atoms with Crippen LogP contribution in [0.5, 0.6) is 0 Å². The van der Waals surface area contributed by atoms with E-state index in [1.807, 2.05) is 23.9 Å². The third-order valence-corrected chi connectivity index (χ3v) is 7.42. The van der Waals surface area contributed by atoms with Crippen LogP contribution in [0.3, 0.4) is 0 Å². The number of carbonyl (C=O) groups excluding carboxylic acids is 2. The van der Waals surface area contributed by atoms with Crippen LogP contribution in [0.25, 0.3) is 5.57 Å². The quantitative estimate of drug-likeness (QED) is 0.278. The summed E-state index contributed by atoms with van der Waals surface area (Å²) < 4.78 is 4.96. The maximum Gasteiger partial charge on any atom is 0.346 e. The molecule has 0 bridgehead atoms. The van der Waals surface area contributed by atoms with Gasteiger partial charge in [0.2, 0.25) is 0 Å². The molecule has 0 spiro atoms. The van der Waals surface area contributed by atoms with E-state index in [1.54, 1.807) is 24.3 Å². The molecule has 0 aromatic heterocycles. The Balaban J connectivity index is 1.50. The molecule has 172 valence electrons. The number of cyclic esters (lactones) is 2. The van der Waals surface area contributed by atoms with Gasteiger partial charge in [-0.15, -0.1) is 0 Å². The van der Waals surface area contributed by atoms with E-state index >= 15 is 0 Å². The largest absolute Gasteiger partial charge is 0.386 e. The number of fused-ring (bicyclic) bond motifs is 2. The summed E-state index contributed by atoms with van der Waals surface area (Å²) in [5, 5.41) is 1.24. The van der Waals surface area contributed by atoms with Crippen molar-refractivity contribution in [1.82, 2.24) is 0 Å². The molecule has 0 N–H and O–H groups in total. The van der Waals surface area contributed by atoms with Crippen LogP contribution in [0.15, 0.2) is 93.9 Å². The minimum absolute atomic E-state index is 0.0968. The highest BCUT2D eigenvalue weighted by Crippen LogP contribution is 2.47. The fraction of sp³-hybridized carbons (Fsp3) is 0.241. The highest BCUT2D eigenvalue weighted by molar-refractivity contribution is 8.03. The molecule has 1 aliphatic carbocycles. The molecule has 2 aromatic carbocycles. The number of thioether (sulfide) groups is 1. The van der Waals surface area contributed by atoms with Crippen molar-refractivity contribution in [2.75, 3.05) is 11.4 Å². The van der Waals surface area contributed by atoms with Crippen LogP contribution in [-0.4, -0.2) is 18.5 Å². The monoisotopic (exact) mass is 469 g/mol. The lowest BCUT2D eigenvalue weighted by molar-refractivity contribution is -0.131. The molecule has 34 heavy (non-hydrogen) atoms. The zero-order valence-electron chi connectivity index (χ0n) is 19.6. The molecule has 0 saturated heterocycles. The van der Waals surface area contributed by atoms with Gasteiger partial charge < -0.3 is 9.64 Å². The molecule has 0 unspecified atom stereocenters. The van der Waals surface area contributed by atoms with Crippen LogP contribution in [0.2, 0.25) is 0 Å². The van der Waals surface area contributed by atoms with E-state index in [9.17, 15) is 9.59 Å². The van der Waals surface area contributed by atoms with E-state index in [1.165, 1.54) is 21.2 Å². The van der Waals surface area contributed by atoms with E-state index in [0.717, 1.165) is 25.0 Å². The van der Waals surface area contributed by atoms with Gasteiger partial charge in [-0.25, -0.2) is 9.59 Å². The van der Waals surface area contributed by atoms with Crippen LogP contribution >= 0.6 is 11.8 Å². The first-order valence-electron chi connectivity index (χ1n) is 11.6. The minimum atomic E-state index is -0.597. The first-order valence-corrected chi connectivity index (χ1v) is 12.4. The first kappa shape index (κ1) is 22.5. The Bertz CT molecular complexity index is 1310. The van der Waals surface area contributed by atoms with Gasteiger partial charge in [0, 0.05) is 17.0 Å². The second-order valence-electron chi connectivity index (χ2n) is 9.58. The predicted octanol–water partition coefficient (Wildman–Crippen LogP) is 6.91. The molecular weight excluding hydrogens is 442 g/mol. The number of anilines is 1. The lowest BCUT2D eigenvalue weighted by atomic mass is 9.75. The number of nitrogens with zero attached hydrogens (tertiary/aromatic N) is 1. The fourth-order valence-electron chi connectivity index (χ4n) is 4.90. The average molecular weight is 470 g/mol. The van der Waals surface area contributed by atoms with E-state index in [2.05, 4.69) is 62.1 Å². The molecule has 2 heterocycles. The number of esters is 2. The SMILES string of the molecule is CCN1/C(=C/C2=CC(=C/C=C3\C(=O)OC(=O)c4ccccc43)/CC(C)(C)C2)Sc2ccccc21. The lowest BCUT2D eigenvalue weighted by Gasteiger charge is -2.31. The zero-order valence-corrected chi connectivity index (χ0v) is 20.4. The number of para-hydroxylation sites is 1. The van der Waals surface area contributed by atoms with Gasteiger partial charge in [0.15, 0.2) is 0 Å². The number of hydrogen-bond donors (Lipinski definition) is 0. The van der Waals surface area contributed by atoms with Crippen molar-refractivity contribution in [2.45, 2.75) is 38.5 Å². The van der Waals surface area contributed by atoms with Gasteiger partial charge in [-0.2, -0.15) is 0 Å². The summed E-state index contributed by atoms with van der Waals surface area (Å²) in [5.41, 5.74) is 5.26. The van der Waals surface area contributed by atoms with Crippen LogP contribution in [0.1, 0.15) is 49.5 Å². The highest BCUT2D eigenvalue weighted by atomic mass is 32.2. The predicted molar refractivity (Wildman–Crippen MR) is 137 cm³/mol. The highest BCUT2D eigenvalue weighted by Gasteiger charge is 2.30. The molecule has 0 atom stereocenters. The van der Waals surface area contributed by atoms with E-state index in [4.69, 9.17) is 4.74 Å². The van der Waals surface area contributed by atoms with Crippen molar-refractivity contribution in [2.24, 2.45) is 5.41 Å². The Labute approximate surface area is 204 Å². The maximum absolute atomic E-state index is 12.5. The second-order valence-corrected chi connectivity index (χ2v) is 10.6. The van der Waals surface area contributed by atoms with Crippen LogP contribution in [-0.2, 0) is 9.53 Å². The summed E-state index contributed by atoms with van der Waals surface area (Å²) in [6.07, 6.45) is 10.2. The normalized spacial score (nSPS) is 22.6. The minimum Gasteiger partial charge on any atom is -0.386 e. The Morgan fingerprint density at radius 3 is 2.50 bits per heavy atom. The third kappa shape index (κ3) is 4.28. The number of benzene rings is 2. The summed E-state index contributed by atoms with van der Waals surface area (Å²) >= 11 is 1.81. The van der Waals surface area contributed by atoms with Gasteiger partial charge in [-0.05, 0) is 66.7 Å². The summed E-state index contributed by atoms with van der Waals surface area (Å²) in [6.45, 7) is 7.65. The topological polar surface area (TPSA) is 46.6 Å². The van der Waals surface area contributed by atoms with Gasteiger partial charge in [-0.1, -0.05) is 68.1 Å². The van der Waals surface area contributed by atoms with Crippen molar-refractivity contribution in [3.63, 3.8) is 0 Å². The maximum atomic E-state index is 12.5. The summed E-state index contributed by atoms with van der Waals surface area (Å²) in [6, 6.07) is 15.6. The Morgan fingerprint density at radius 2 is 1.71 bits per heavy atom. The van der Waals surface area contributed by atoms with Gasteiger partial charge in [-0.3, -0.25) is 0 Å². The van der Waals surface area contributed by atoms with Crippen molar-refractivity contribution in [3.05, 3.63) is 100 Å². The number of hydrogen-bond acceptors (Lipinski definition) is 5. The molecule has 0 radical (unpaired) electrons. The van der Waals surface area contributed by atoms with Gasteiger partial charge >= 0.3 is 11.9 Å². The number of carbonyl (C=O) groups is 2. The summed E-state index contributed by atoms with van der Waals surface area (Å²) in [4.78, 5) is 28.2. The first-order chi connectivity index (χ1) is 16.3. The smallest absolute Gasteiger partial charge is 0.346 e. The summed E-state index contributed by atoms with van der Waals surface area (Å²) in [5.74, 6) is -1.19. The van der Waals surface area contributed by atoms with Crippen molar-refractivity contribution in [1.29, 1.82) is 0 Å². The molecule has 2 aromatic rings. The Morgan fingerprint density at radius 1 is 0.971 bits per heavy atom. The van der Waals surface area contributed by atoms with Crippen LogP contribution in [0.4, 0.5) is 5.69 Å². The van der Waals surface area contributed by atoms with Crippen molar-refractivity contribution >= 4 is 35.0 Å². The van der Waals surface area contributed by atoms with E-state index < -0.39 is 11.9 Å². The molecule has 5 rings (SSSR count). The average Bonchev–Trinajstić information content (AvgIpc) is 3.14. The van der Waals surface area contributed by atoms with Gasteiger partial charge in [0.25, 0.3) is 0 Å². The Kier molecular flexibility index (Phi) is 5.82. The van der Waals surface area contributed by atoms with E-state index in [-0.39, 0.29) is 5.41 Å². The van der Waals surface area contributed by atoms with Crippen LogP contribution in [0, 0.1) is 5.41 Å². The van der Waals surface area contributed by atoms with E-state index in [0.29, 0.717) is 16.7 Å². The molecule has 0 amide bonds. The third-order valence-electron chi connectivity index (χ3n) is 6.30. The van der Waals surface area contributed by atoms with Crippen LogP contribution < -0.4 is 4.90 Å². The molecule has 0 saturated carbocycles. The molecule has 2 aliphatic heterocycles. The number of rotatable bonds is 3. The zero-order chi connectivity index (χ0) is 23.9. The standard InChI is InChI=1S/C29H27NO3S/c1-4-30-24-11-7-8-12-25(24)34-26(30)16-20-15-19(17-29(2,3)18-20)13-14-23-21-9-5-6-10-22(21)27(31)33-28(23)32/h5-16H,4,17-18H2,1-3H3/b19-13-,23-14-,26-16-. The van der Waals surface area contributed by atoms with Crippen molar-refractivity contribution < 1.29 is 14.3 Å². The molecule has 5 heteroatoms. The van der Waals surface area contributed by atoms with Gasteiger partial charge in [0.05, 0.1) is 21.9 Å². The lowest BCUT2D eigenvalue weighted by Crippen LogP contribution is -2.22. The summed E-state index contributed by atoms with van der Waals surface area (Å²) in [7, 11) is 0. The molecular formula is C29H27NO3S. The van der Waals surface area contributed by atoms with Gasteiger partial charge in [0.1, 0.15) is 0 Å². The molecule has 3 aliphatic rings. The molecule has 0 fully saturated rings. The fourth-order valence-corrected chi connectivity index (χ4v) is 6.10. The second kappa shape index (κ2) is 8.80. The number of ether oxygens (including phenoxy) is 1. The van der Waals surface area contributed by atoms with Crippen molar-refractivity contribution in [3.8, 4) is 0 Å². The number of allylic oxidation sites excluding steroid dienone is 6.